The summed E-state index contributed by atoms with van der Waals surface area (Å²) in [7, 11) is 0. The van der Waals surface area contributed by atoms with E-state index in [2.05, 4.69) is 22.9 Å². The third kappa shape index (κ3) is 3.69. The molecular formula is C14H19BrClFO. The van der Waals surface area contributed by atoms with E-state index in [0.29, 0.717) is 10.0 Å². The molecule has 102 valence electrons. The Morgan fingerprint density at radius 2 is 2.06 bits per heavy atom. The minimum Gasteiger partial charge on any atom is -0.388 e. The zero-order chi connectivity index (χ0) is 13.7. The van der Waals surface area contributed by atoms with Gasteiger partial charge in [0.05, 0.1) is 11.1 Å². The van der Waals surface area contributed by atoms with Crippen molar-refractivity contribution in [3.05, 3.63) is 33.0 Å². The zero-order valence-corrected chi connectivity index (χ0v) is 13.1. The van der Waals surface area contributed by atoms with Crippen molar-refractivity contribution < 1.29 is 9.50 Å². The van der Waals surface area contributed by atoms with Crippen LogP contribution in [0.5, 0.6) is 0 Å². The topological polar surface area (TPSA) is 20.2 Å². The van der Waals surface area contributed by atoms with Crippen LogP contribution in [0.1, 0.15) is 51.2 Å². The number of benzene rings is 1. The number of rotatable bonds is 6. The Kier molecular flexibility index (Phi) is 6.61. The van der Waals surface area contributed by atoms with Gasteiger partial charge in [-0.25, -0.2) is 4.39 Å². The van der Waals surface area contributed by atoms with Gasteiger partial charge >= 0.3 is 0 Å². The molecule has 0 fully saturated rings. The zero-order valence-electron chi connectivity index (χ0n) is 10.7. The fourth-order valence-corrected chi connectivity index (χ4v) is 2.55. The van der Waals surface area contributed by atoms with Crippen molar-refractivity contribution in [2.24, 2.45) is 5.92 Å². The van der Waals surface area contributed by atoms with E-state index in [1.54, 1.807) is 12.1 Å². The van der Waals surface area contributed by atoms with Gasteiger partial charge in [0.1, 0.15) is 5.82 Å². The van der Waals surface area contributed by atoms with Crippen molar-refractivity contribution in [3.8, 4) is 0 Å². The summed E-state index contributed by atoms with van der Waals surface area (Å²) >= 11 is 9.02. The molecule has 4 heteroatoms. The Morgan fingerprint density at radius 3 is 2.61 bits per heavy atom. The Bertz CT molecular complexity index is 398. The molecule has 0 spiro atoms. The van der Waals surface area contributed by atoms with Gasteiger partial charge in [-0.15, -0.1) is 0 Å². The number of hydrogen-bond donors (Lipinski definition) is 1. The van der Waals surface area contributed by atoms with Crippen molar-refractivity contribution in [1.29, 1.82) is 0 Å². The molecule has 2 unspecified atom stereocenters. The first-order valence-electron chi connectivity index (χ1n) is 6.34. The molecule has 0 aliphatic rings. The summed E-state index contributed by atoms with van der Waals surface area (Å²) in [6, 6.07) is 3.28. The highest BCUT2D eigenvalue weighted by molar-refractivity contribution is 9.10. The van der Waals surface area contributed by atoms with E-state index in [-0.39, 0.29) is 10.9 Å². The molecule has 1 rings (SSSR count). The summed E-state index contributed by atoms with van der Waals surface area (Å²) in [5.74, 6) is -0.440. The van der Waals surface area contributed by atoms with Crippen LogP contribution >= 0.6 is 27.5 Å². The molecular weight excluding hydrogens is 319 g/mol. The molecule has 0 aromatic heterocycles. The van der Waals surface area contributed by atoms with Gasteiger partial charge in [0.25, 0.3) is 0 Å². The minimum absolute atomic E-state index is 0.0388. The molecule has 0 saturated heterocycles. The van der Waals surface area contributed by atoms with E-state index in [9.17, 15) is 9.50 Å². The molecule has 0 heterocycles. The monoisotopic (exact) mass is 336 g/mol. The Hall–Kier alpha value is -0.120. The fraction of sp³-hybridized carbons (Fsp3) is 0.571. The third-order valence-corrected chi connectivity index (χ3v) is 4.54. The van der Waals surface area contributed by atoms with Gasteiger partial charge in [0, 0.05) is 10.0 Å². The van der Waals surface area contributed by atoms with Gasteiger partial charge in [-0.2, -0.15) is 0 Å². The van der Waals surface area contributed by atoms with Crippen molar-refractivity contribution in [1.82, 2.24) is 0 Å². The summed E-state index contributed by atoms with van der Waals surface area (Å²) in [6.07, 6.45) is 3.07. The maximum absolute atomic E-state index is 14.0. The van der Waals surface area contributed by atoms with Crippen LogP contribution in [0.15, 0.2) is 16.6 Å². The number of unbranched alkanes of at least 4 members (excludes halogenated alkanes) is 1. The molecule has 1 nitrogen and oxygen atoms in total. The number of aliphatic hydroxyl groups is 1. The standard InChI is InChI=1S/C14H19BrClFO/c1-3-5-6-9(4-2)14(18)10-7-8-11(15)12(16)13(10)17/h7-9,14,18H,3-6H2,1-2H3. The second-order valence-corrected chi connectivity index (χ2v) is 5.75. The van der Waals surface area contributed by atoms with Crippen LogP contribution in [0.3, 0.4) is 0 Å². The largest absolute Gasteiger partial charge is 0.388 e. The highest BCUT2D eigenvalue weighted by Gasteiger charge is 2.23. The molecule has 1 N–H and O–H groups in total. The summed E-state index contributed by atoms with van der Waals surface area (Å²) in [6.45, 7) is 4.12. The predicted octanol–water partition coefficient (Wildman–Crippen LogP) is 5.49. The SMILES string of the molecule is CCCCC(CC)C(O)c1ccc(Br)c(Cl)c1F. The summed E-state index contributed by atoms with van der Waals surface area (Å²) in [5, 5.41) is 10.3. The maximum Gasteiger partial charge on any atom is 0.148 e. The van der Waals surface area contributed by atoms with Gasteiger partial charge < -0.3 is 5.11 Å². The summed E-state index contributed by atoms with van der Waals surface area (Å²) in [5.41, 5.74) is 0.297. The first kappa shape index (κ1) is 15.9. The molecule has 18 heavy (non-hydrogen) atoms. The van der Waals surface area contributed by atoms with Crippen LogP contribution in [0, 0.1) is 11.7 Å². The van der Waals surface area contributed by atoms with Gasteiger partial charge in [-0.1, -0.05) is 50.8 Å². The van der Waals surface area contributed by atoms with Crippen LogP contribution in [0.25, 0.3) is 0 Å². The van der Waals surface area contributed by atoms with E-state index in [1.807, 2.05) is 6.92 Å². The lowest BCUT2D eigenvalue weighted by molar-refractivity contribution is 0.0954. The van der Waals surface area contributed by atoms with E-state index in [0.717, 1.165) is 25.7 Å². The van der Waals surface area contributed by atoms with E-state index < -0.39 is 11.9 Å². The average molecular weight is 338 g/mol. The summed E-state index contributed by atoms with van der Waals surface area (Å²) in [4.78, 5) is 0. The van der Waals surface area contributed by atoms with Crippen LogP contribution < -0.4 is 0 Å². The molecule has 0 radical (unpaired) electrons. The van der Waals surface area contributed by atoms with Crippen molar-refractivity contribution in [2.75, 3.05) is 0 Å². The van der Waals surface area contributed by atoms with Crippen molar-refractivity contribution in [3.63, 3.8) is 0 Å². The van der Waals surface area contributed by atoms with Crippen molar-refractivity contribution in [2.45, 2.75) is 45.6 Å². The second-order valence-electron chi connectivity index (χ2n) is 4.52. The molecule has 0 saturated carbocycles. The molecule has 1 aromatic carbocycles. The molecule has 0 aliphatic heterocycles. The van der Waals surface area contributed by atoms with Gasteiger partial charge in [0.2, 0.25) is 0 Å². The number of halogens is 3. The van der Waals surface area contributed by atoms with Gasteiger partial charge in [-0.05, 0) is 34.3 Å². The highest BCUT2D eigenvalue weighted by atomic mass is 79.9. The van der Waals surface area contributed by atoms with E-state index in [4.69, 9.17) is 11.6 Å². The summed E-state index contributed by atoms with van der Waals surface area (Å²) < 4.78 is 14.5. The minimum atomic E-state index is -0.785. The third-order valence-electron chi connectivity index (χ3n) is 3.28. The van der Waals surface area contributed by atoms with Crippen LogP contribution in [0.4, 0.5) is 4.39 Å². The first-order chi connectivity index (χ1) is 8.52. The first-order valence-corrected chi connectivity index (χ1v) is 7.51. The van der Waals surface area contributed by atoms with E-state index >= 15 is 0 Å². The maximum atomic E-state index is 14.0. The lowest BCUT2D eigenvalue weighted by atomic mass is 9.89. The number of hydrogen-bond acceptors (Lipinski definition) is 1. The molecule has 0 amide bonds. The molecule has 0 aliphatic carbocycles. The van der Waals surface area contributed by atoms with Crippen LogP contribution in [-0.4, -0.2) is 5.11 Å². The fourth-order valence-electron chi connectivity index (χ4n) is 2.07. The highest BCUT2D eigenvalue weighted by Crippen LogP contribution is 2.35. The second kappa shape index (κ2) is 7.46. The quantitative estimate of drug-likeness (QED) is 0.680. The predicted molar refractivity (Wildman–Crippen MR) is 77.4 cm³/mol. The Morgan fingerprint density at radius 1 is 1.39 bits per heavy atom. The molecule has 1 aromatic rings. The molecule has 2 atom stereocenters. The smallest absolute Gasteiger partial charge is 0.148 e. The van der Waals surface area contributed by atoms with E-state index in [1.165, 1.54) is 0 Å². The normalized spacial score (nSPS) is 14.6. The Labute approximate surface area is 121 Å². The Balaban J connectivity index is 2.94. The average Bonchev–Trinajstić information content (AvgIpc) is 2.37. The van der Waals surface area contributed by atoms with Crippen molar-refractivity contribution >= 4 is 27.5 Å². The lowest BCUT2D eigenvalue weighted by Gasteiger charge is -2.22. The van der Waals surface area contributed by atoms with Gasteiger partial charge in [0.15, 0.2) is 0 Å². The lowest BCUT2D eigenvalue weighted by Crippen LogP contribution is -2.13. The molecule has 0 bridgehead atoms. The van der Waals surface area contributed by atoms with Gasteiger partial charge in [-0.3, -0.25) is 0 Å². The van der Waals surface area contributed by atoms with Crippen LogP contribution in [-0.2, 0) is 0 Å². The number of aliphatic hydroxyl groups excluding tert-OH is 1. The van der Waals surface area contributed by atoms with Crippen LogP contribution in [0.2, 0.25) is 5.02 Å².